The highest BCUT2D eigenvalue weighted by Crippen LogP contribution is 2.31. The molecule has 0 bridgehead atoms. The van der Waals surface area contributed by atoms with Gasteiger partial charge in [0, 0.05) is 13.1 Å². The van der Waals surface area contributed by atoms with Crippen LogP contribution in [0.25, 0.3) is 6.08 Å². The highest BCUT2D eigenvalue weighted by atomic mass is 32.2. The number of sulfonamides is 1. The molecule has 0 amide bonds. The third kappa shape index (κ3) is 2.98. The predicted molar refractivity (Wildman–Crippen MR) is 87.6 cm³/mol. The van der Waals surface area contributed by atoms with Crippen LogP contribution in [0.2, 0.25) is 0 Å². The van der Waals surface area contributed by atoms with Crippen LogP contribution in [0.1, 0.15) is 37.3 Å². The lowest BCUT2D eigenvalue weighted by atomic mass is 9.95. The maximum Gasteiger partial charge on any atom is 0.239 e. The molecule has 1 heterocycles. The van der Waals surface area contributed by atoms with Crippen molar-refractivity contribution < 1.29 is 13.5 Å². The molecule has 1 aliphatic heterocycles. The lowest BCUT2D eigenvalue weighted by Gasteiger charge is -2.34. The SMILES string of the molecule is CC(O)C1CCCN(S(=O)(=O)C2=Cc3ccccc3CC2)C1. The van der Waals surface area contributed by atoms with Gasteiger partial charge in [-0.05, 0) is 55.7 Å². The van der Waals surface area contributed by atoms with Crippen LogP contribution >= 0.6 is 0 Å². The number of rotatable bonds is 3. The Hall–Kier alpha value is -1.17. The van der Waals surface area contributed by atoms with Gasteiger partial charge in [-0.1, -0.05) is 24.3 Å². The molecule has 1 N–H and O–H groups in total. The second-order valence-electron chi connectivity index (χ2n) is 6.32. The van der Waals surface area contributed by atoms with Gasteiger partial charge in [0.05, 0.1) is 11.0 Å². The van der Waals surface area contributed by atoms with E-state index in [9.17, 15) is 13.5 Å². The molecule has 2 atom stereocenters. The van der Waals surface area contributed by atoms with Crippen LogP contribution in [-0.2, 0) is 16.4 Å². The Morgan fingerprint density at radius 1 is 1.27 bits per heavy atom. The van der Waals surface area contributed by atoms with Gasteiger partial charge in [-0.2, -0.15) is 4.31 Å². The van der Waals surface area contributed by atoms with Crippen LogP contribution in [-0.4, -0.2) is 37.0 Å². The van der Waals surface area contributed by atoms with Crippen LogP contribution in [0.3, 0.4) is 0 Å². The average molecular weight is 321 g/mol. The highest BCUT2D eigenvalue weighted by molar-refractivity contribution is 7.93. The first-order valence-corrected chi connectivity index (χ1v) is 9.39. The number of hydrogen-bond donors (Lipinski definition) is 1. The van der Waals surface area contributed by atoms with Gasteiger partial charge >= 0.3 is 0 Å². The van der Waals surface area contributed by atoms with Crippen LogP contribution in [0.15, 0.2) is 29.2 Å². The lowest BCUT2D eigenvalue weighted by Crippen LogP contribution is -2.43. The Balaban J connectivity index is 1.86. The summed E-state index contributed by atoms with van der Waals surface area (Å²) in [6.07, 6.45) is 4.41. The Kier molecular flexibility index (Phi) is 4.39. The van der Waals surface area contributed by atoms with E-state index in [0.717, 1.165) is 24.8 Å². The topological polar surface area (TPSA) is 57.6 Å². The van der Waals surface area contributed by atoms with Crippen molar-refractivity contribution in [2.75, 3.05) is 13.1 Å². The number of benzene rings is 1. The second-order valence-corrected chi connectivity index (χ2v) is 8.31. The number of aliphatic hydroxyl groups is 1. The van der Waals surface area contributed by atoms with Gasteiger partial charge < -0.3 is 5.11 Å². The van der Waals surface area contributed by atoms with Gasteiger partial charge in [-0.3, -0.25) is 0 Å². The quantitative estimate of drug-likeness (QED) is 0.930. The smallest absolute Gasteiger partial charge is 0.239 e. The molecule has 120 valence electrons. The first-order chi connectivity index (χ1) is 10.5. The summed E-state index contributed by atoms with van der Waals surface area (Å²) in [4.78, 5) is 0.512. The van der Waals surface area contributed by atoms with Crippen molar-refractivity contribution in [2.24, 2.45) is 5.92 Å². The summed E-state index contributed by atoms with van der Waals surface area (Å²) in [5, 5.41) is 9.77. The van der Waals surface area contributed by atoms with Gasteiger partial charge in [0.1, 0.15) is 0 Å². The van der Waals surface area contributed by atoms with Crippen LogP contribution in [0, 0.1) is 5.92 Å². The fraction of sp³-hybridized carbons (Fsp3) is 0.529. The summed E-state index contributed by atoms with van der Waals surface area (Å²) in [5.74, 6) is 0.0417. The molecule has 1 aromatic rings. The normalized spacial score (nSPS) is 24.5. The van der Waals surface area contributed by atoms with Gasteiger partial charge in [-0.15, -0.1) is 0 Å². The zero-order chi connectivity index (χ0) is 15.7. The van der Waals surface area contributed by atoms with Crippen LogP contribution in [0.5, 0.6) is 0 Å². The van der Waals surface area contributed by atoms with Crippen LogP contribution < -0.4 is 0 Å². The van der Waals surface area contributed by atoms with Crippen molar-refractivity contribution in [1.29, 1.82) is 0 Å². The van der Waals surface area contributed by atoms with Crippen molar-refractivity contribution in [3.8, 4) is 0 Å². The molecule has 0 spiro atoms. The summed E-state index contributed by atoms with van der Waals surface area (Å²) in [7, 11) is -3.41. The molecule has 0 aromatic heterocycles. The second kappa shape index (κ2) is 6.14. The van der Waals surface area contributed by atoms with Crippen molar-refractivity contribution in [1.82, 2.24) is 4.31 Å². The van der Waals surface area contributed by atoms with E-state index in [1.54, 1.807) is 11.2 Å². The summed E-state index contributed by atoms with van der Waals surface area (Å²) in [6, 6.07) is 7.96. The van der Waals surface area contributed by atoms with Crippen molar-refractivity contribution in [3.63, 3.8) is 0 Å². The minimum Gasteiger partial charge on any atom is -0.393 e. The third-order valence-corrected chi connectivity index (χ3v) is 6.78. The average Bonchev–Trinajstić information content (AvgIpc) is 2.54. The van der Waals surface area contributed by atoms with E-state index >= 15 is 0 Å². The monoisotopic (exact) mass is 321 g/mol. The predicted octanol–water partition coefficient (Wildman–Crippen LogP) is 2.40. The van der Waals surface area contributed by atoms with Crippen LogP contribution in [0.4, 0.5) is 0 Å². The number of piperidine rings is 1. The lowest BCUT2D eigenvalue weighted by molar-refractivity contribution is 0.0887. The van der Waals surface area contributed by atoms with E-state index in [2.05, 4.69) is 6.07 Å². The maximum absolute atomic E-state index is 12.9. The number of aliphatic hydroxyl groups excluding tert-OH is 1. The van der Waals surface area contributed by atoms with E-state index in [1.165, 1.54) is 5.56 Å². The van der Waals surface area contributed by atoms with Crippen molar-refractivity contribution >= 4 is 16.1 Å². The Bertz CT molecular complexity index is 679. The zero-order valence-corrected chi connectivity index (χ0v) is 13.7. The van der Waals surface area contributed by atoms with Crippen molar-refractivity contribution in [3.05, 3.63) is 40.3 Å². The van der Waals surface area contributed by atoms with E-state index < -0.39 is 16.1 Å². The molecule has 4 nitrogen and oxygen atoms in total. The molecule has 1 aromatic carbocycles. The van der Waals surface area contributed by atoms with Gasteiger partial charge in [0.2, 0.25) is 10.0 Å². The fourth-order valence-corrected chi connectivity index (χ4v) is 5.09. The molecule has 2 aliphatic rings. The van der Waals surface area contributed by atoms with E-state index in [1.807, 2.05) is 24.3 Å². The number of aryl methyl sites for hydroxylation is 1. The number of nitrogens with zero attached hydrogens (tertiary/aromatic N) is 1. The molecule has 0 saturated carbocycles. The van der Waals surface area contributed by atoms with E-state index in [-0.39, 0.29) is 5.92 Å². The fourth-order valence-electron chi connectivity index (χ4n) is 3.36. The Labute approximate surface area is 132 Å². The largest absolute Gasteiger partial charge is 0.393 e. The molecule has 2 unspecified atom stereocenters. The molecule has 22 heavy (non-hydrogen) atoms. The molecule has 1 aliphatic carbocycles. The summed E-state index contributed by atoms with van der Waals surface area (Å²) in [5.41, 5.74) is 2.22. The molecule has 5 heteroatoms. The summed E-state index contributed by atoms with van der Waals surface area (Å²) >= 11 is 0. The first kappa shape index (κ1) is 15.7. The molecule has 1 saturated heterocycles. The minimum atomic E-state index is -3.41. The highest BCUT2D eigenvalue weighted by Gasteiger charge is 2.33. The number of fused-ring (bicyclic) bond motifs is 1. The summed E-state index contributed by atoms with van der Waals surface area (Å²) in [6.45, 7) is 2.74. The molecule has 3 rings (SSSR count). The third-order valence-electron chi connectivity index (χ3n) is 4.79. The Morgan fingerprint density at radius 3 is 2.82 bits per heavy atom. The number of allylic oxidation sites excluding steroid dienone is 1. The zero-order valence-electron chi connectivity index (χ0n) is 12.9. The molecule has 0 radical (unpaired) electrons. The minimum absolute atomic E-state index is 0.0417. The van der Waals surface area contributed by atoms with Crippen molar-refractivity contribution in [2.45, 2.75) is 38.7 Å². The van der Waals surface area contributed by atoms with E-state index in [4.69, 9.17) is 0 Å². The molecular formula is C17H23NO3S. The summed E-state index contributed by atoms with van der Waals surface area (Å²) < 4.78 is 27.4. The standard InChI is InChI=1S/C17H23NO3S/c1-13(19)16-7-4-10-18(12-16)22(20,21)17-9-8-14-5-2-3-6-15(14)11-17/h2-3,5-6,11,13,16,19H,4,7-10,12H2,1H3. The first-order valence-electron chi connectivity index (χ1n) is 7.95. The maximum atomic E-state index is 12.9. The van der Waals surface area contributed by atoms with Gasteiger partial charge in [0.25, 0.3) is 0 Å². The number of hydrogen-bond acceptors (Lipinski definition) is 3. The molecular weight excluding hydrogens is 298 g/mol. The van der Waals surface area contributed by atoms with Gasteiger partial charge in [0.15, 0.2) is 0 Å². The van der Waals surface area contributed by atoms with E-state index in [0.29, 0.717) is 24.4 Å². The molecule has 1 fully saturated rings. The van der Waals surface area contributed by atoms with Gasteiger partial charge in [-0.25, -0.2) is 8.42 Å². The Morgan fingerprint density at radius 2 is 2.05 bits per heavy atom.